The zero-order chi connectivity index (χ0) is 10.1. The standard InChI is InChI=1S/C10H19NO3/c12-6-8-10(14)9(13)3-4-11(8)5-7-1-2-7/h7-10,12-14H,1-6H2. The average Bonchev–Trinajstić information content (AvgIpc) is 2.96. The van der Waals surface area contributed by atoms with Gasteiger partial charge in [0.2, 0.25) is 0 Å². The maximum Gasteiger partial charge on any atom is 0.0976 e. The molecule has 3 N–H and O–H groups in total. The third-order valence-electron chi connectivity index (χ3n) is 3.35. The molecule has 14 heavy (non-hydrogen) atoms. The van der Waals surface area contributed by atoms with Gasteiger partial charge >= 0.3 is 0 Å². The molecule has 4 heteroatoms. The highest BCUT2D eigenvalue weighted by Crippen LogP contribution is 2.31. The molecule has 0 aromatic carbocycles. The SMILES string of the molecule is OCC1C(O)C(O)CCN1CC1CC1. The zero-order valence-corrected chi connectivity index (χ0v) is 8.34. The topological polar surface area (TPSA) is 63.9 Å². The Hall–Kier alpha value is -0.160. The van der Waals surface area contributed by atoms with E-state index in [1.807, 2.05) is 0 Å². The molecule has 0 bridgehead atoms. The summed E-state index contributed by atoms with van der Waals surface area (Å²) in [5.74, 6) is 0.756. The van der Waals surface area contributed by atoms with Crippen molar-refractivity contribution in [3.63, 3.8) is 0 Å². The van der Waals surface area contributed by atoms with Crippen LogP contribution in [0.5, 0.6) is 0 Å². The van der Waals surface area contributed by atoms with Gasteiger partial charge in [-0.2, -0.15) is 0 Å². The van der Waals surface area contributed by atoms with Crippen LogP contribution in [0.1, 0.15) is 19.3 Å². The van der Waals surface area contributed by atoms with E-state index in [1.54, 1.807) is 0 Å². The van der Waals surface area contributed by atoms with E-state index >= 15 is 0 Å². The maximum absolute atomic E-state index is 9.69. The summed E-state index contributed by atoms with van der Waals surface area (Å²) in [6, 6.07) is -0.264. The van der Waals surface area contributed by atoms with Gasteiger partial charge in [0.15, 0.2) is 0 Å². The lowest BCUT2D eigenvalue weighted by Gasteiger charge is -2.40. The second-order valence-corrected chi connectivity index (χ2v) is 4.53. The molecule has 4 nitrogen and oxygen atoms in total. The average molecular weight is 201 g/mol. The summed E-state index contributed by atoms with van der Waals surface area (Å²) < 4.78 is 0. The number of hydrogen-bond acceptors (Lipinski definition) is 4. The highest BCUT2D eigenvalue weighted by atomic mass is 16.3. The van der Waals surface area contributed by atoms with Crippen LogP contribution in [0.2, 0.25) is 0 Å². The third-order valence-corrected chi connectivity index (χ3v) is 3.35. The minimum absolute atomic E-state index is 0.0645. The summed E-state index contributed by atoms with van der Waals surface area (Å²) in [7, 11) is 0. The fraction of sp³-hybridized carbons (Fsp3) is 1.00. The molecule has 0 amide bonds. The first kappa shape index (κ1) is 10.4. The van der Waals surface area contributed by atoms with Crippen LogP contribution in [-0.2, 0) is 0 Å². The summed E-state index contributed by atoms with van der Waals surface area (Å²) in [6.07, 6.45) is 1.71. The second-order valence-electron chi connectivity index (χ2n) is 4.53. The smallest absolute Gasteiger partial charge is 0.0976 e. The molecule has 2 rings (SSSR count). The molecule has 82 valence electrons. The van der Waals surface area contributed by atoms with Crippen molar-refractivity contribution in [1.82, 2.24) is 4.90 Å². The van der Waals surface area contributed by atoms with Gasteiger partial charge in [0.1, 0.15) is 0 Å². The van der Waals surface area contributed by atoms with Crippen LogP contribution in [0.15, 0.2) is 0 Å². The van der Waals surface area contributed by atoms with E-state index < -0.39 is 12.2 Å². The number of aliphatic hydroxyl groups is 3. The molecule has 1 heterocycles. The summed E-state index contributed by atoms with van der Waals surface area (Å²) >= 11 is 0. The monoisotopic (exact) mass is 201 g/mol. The molecule has 0 aromatic rings. The zero-order valence-electron chi connectivity index (χ0n) is 8.34. The van der Waals surface area contributed by atoms with Crippen molar-refractivity contribution < 1.29 is 15.3 Å². The Balaban J connectivity index is 1.93. The lowest BCUT2D eigenvalue weighted by molar-refractivity contribution is -0.0904. The van der Waals surface area contributed by atoms with Gasteiger partial charge in [-0.25, -0.2) is 0 Å². The minimum Gasteiger partial charge on any atom is -0.395 e. The number of aliphatic hydroxyl groups excluding tert-OH is 3. The first-order valence-corrected chi connectivity index (χ1v) is 5.43. The van der Waals surface area contributed by atoms with E-state index in [0.29, 0.717) is 6.42 Å². The Morgan fingerprint density at radius 1 is 1.14 bits per heavy atom. The van der Waals surface area contributed by atoms with Crippen LogP contribution in [0.25, 0.3) is 0 Å². The molecule has 1 aliphatic carbocycles. The predicted molar refractivity (Wildman–Crippen MR) is 51.8 cm³/mol. The van der Waals surface area contributed by atoms with Gasteiger partial charge in [0.05, 0.1) is 24.9 Å². The van der Waals surface area contributed by atoms with Crippen LogP contribution < -0.4 is 0 Å². The van der Waals surface area contributed by atoms with Crippen LogP contribution >= 0.6 is 0 Å². The summed E-state index contributed by atoms with van der Waals surface area (Å²) in [5, 5.41) is 28.3. The van der Waals surface area contributed by atoms with Gasteiger partial charge in [-0.3, -0.25) is 4.90 Å². The molecule has 1 aliphatic heterocycles. The molecule has 1 saturated carbocycles. The summed E-state index contributed by atoms with van der Waals surface area (Å²) in [4.78, 5) is 2.12. The normalized spacial score (nSPS) is 40.1. The van der Waals surface area contributed by atoms with E-state index in [4.69, 9.17) is 0 Å². The third kappa shape index (κ3) is 2.08. The van der Waals surface area contributed by atoms with Gasteiger partial charge in [0, 0.05) is 13.1 Å². The Morgan fingerprint density at radius 2 is 1.86 bits per heavy atom. The van der Waals surface area contributed by atoms with Gasteiger partial charge in [-0.05, 0) is 25.2 Å². The molecule has 2 aliphatic rings. The van der Waals surface area contributed by atoms with E-state index in [-0.39, 0.29) is 12.6 Å². The van der Waals surface area contributed by atoms with Crippen molar-refractivity contribution in [3.05, 3.63) is 0 Å². The van der Waals surface area contributed by atoms with Crippen LogP contribution in [0.4, 0.5) is 0 Å². The summed E-state index contributed by atoms with van der Waals surface area (Å²) in [6.45, 7) is 1.69. The summed E-state index contributed by atoms with van der Waals surface area (Å²) in [5.41, 5.74) is 0. The van der Waals surface area contributed by atoms with Crippen LogP contribution in [0, 0.1) is 5.92 Å². The molecule has 1 saturated heterocycles. The Bertz CT molecular complexity index is 196. The molecule has 0 spiro atoms. The Morgan fingerprint density at radius 3 is 2.43 bits per heavy atom. The maximum atomic E-state index is 9.69. The quantitative estimate of drug-likeness (QED) is 0.558. The van der Waals surface area contributed by atoms with E-state index in [2.05, 4.69) is 4.90 Å². The van der Waals surface area contributed by atoms with Crippen molar-refractivity contribution >= 4 is 0 Å². The van der Waals surface area contributed by atoms with Crippen molar-refractivity contribution in [2.45, 2.75) is 37.5 Å². The molecule has 3 unspecified atom stereocenters. The second kappa shape index (κ2) is 4.14. The van der Waals surface area contributed by atoms with Gasteiger partial charge in [-0.15, -0.1) is 0 Å². The minimum atomic E-state index is -0.785. The fourth-order valence-electron chi connectivity index (χ4n) is 2.19. The van der Waals surface area contributed by atoms with Gasteiger partial charge in [-0.1, -0.05) is 0 Å². The molecular formula is C10H19NO3. The van der Waals surface area contributed by atoms with Gasteiger partial charge < -0.3 is 15.3 Å². The molecular weight excluding hydrogens is 182 g/mol. The highest BCUT2D eigenvalue weighted by Gasteiger charge is 2.37. The fourth-order valence-corrected chi connectivity index (χ4v) is 2.19. The number of nitrogens with zero attached hydrogens (tertiary/aromatic N) is 1. The number of hydrogen-bond donors (Lipinski definition) is 3. The van der Waals surface area contributed by atoms with Crippen molar-refractivity contribution in [2.75, 3.05) is 19.7 Å². The first-order valence-electron chi connectivity index (χ1n) is 5.43. The van der Waals surface area contributed by atoms with Crippen LogP contribution in [-0.4, -0.2) is 58.2 Å². The van der Waals surface area contributed by atoms with Crippen molar-refractivity contribution in [3.8, 4) is 0 Å². The lowest BCUT2D eigenvalue weighted by Crippen LogP contribution is -2.56. The van der Waals surface area contributed by atoms with Crippen LogP contribution in [0.3, 0.4) is 0 Å². The van der Waals surface area contributed by atoms with Crippen molar-refractivity contribution in [2.24, 2.45) is 5.92 Å². The van der Waals surface area contributed by atoms with Crippen molar-refractivity contribution in [1.29, 1.82) is 0 Å². The van der Waals surface area contributed by atoms with Gasteiger partial charge in [0.25, 0.3) is 0 Å². The largest absolute Gasteiger partial charge is 0.395 e. The predicted octanol–water partition coefficient (Wildman–Crippen LogP) is -0.815. The highest BCUT2D eigenvalue weighted by molar-refractivity contribution is 4.91. The van der Waals surface area contributed by atoms with E-state index in [1.165, 1.54) is 12.8 Å². The molecule has 0 radical (unpaired) electrons. The number of likely N-dealkylation sites (tertiary alicyclic amines) is 1. The number of rotatable bonds is 3. The molecule has 3 atom stereocenters. The molecule has 2 fully saturated rings. The lowest BCUT2D eigenvalue weighted by atomic mass is 9.96. The Labute approximate surface area is 84.2 Å². The number of piperidine rings is 1. The van der Waals surface area contributed by atoms with E-state index in [0.717, 1.165) is 19.0 Å². The first-order chi connectivity index (χ1) is 6.72. The molecule has 0 aromatic heterocycles. The Kier molecular flexibility index (Phi) is 3.07. The van der Waals surface area contributed by atoms with E-state index in [9.17, 15) is 15.3 Å².